The van der Waals surface area contributed by atoms with Crippen molar-refractivity contribution >= 4 is 22.5 Å². The fourth-order valence-electron chi connectivity index (χ4n) is 2.97. The van der Waals surface area contributed by atoms with Gasteiger partial charge in [0.05, 0.1) is 11.9 Å². The smallest absolute Gasteiger partial charge is 0.148 e. The number of hydrogen-bond acceptors (Lipinski definition) is 4. The molecule has 26 heavy (non-hydrogen) atoms. The Hall–Kier alpha value is -3.35. The first-order valence-electron chi connectivity index (χ1n) is 8.31. The Morgan fingerprint density at radius 3 is 2.85 bits per heavy atom. The van der Waals surface area contributed by atoms with Gasteiger partial charge in [0, 0.05) is 43.4 Å². The van der Waals surface area contributed by atoms with Gasteiger partial charge in [0.15, 0.2) is 0 Å². The Morgan fingerprint density at radius 2 is 2.04 bits per heavy atom. The van der Waals surface area contributed by atoms with Gasteiger partial charge >= 0.3 is 0 Å². The van der Waals surface area contributed by atoms with Crippen molar-refractivity contribution in [1.29, 1.82) is 0 Å². The van der Waals surface area contributed by atoms with Gasteiger partial charge < -0.3 is 16.0 Å². The molecule has 4 aromatic rings. The van der Waals surface area contributed by atoms with Crippen molar-refractivity contribution in [2.45, 2.75) is 13.0 Å². The second-order valence-corrected chi connectivity index (χ2v) is 6.28. The number of aromatic nitrogens is 4. The number of aryl methyl sites for hydroxylation is 1. The molecule has 3 heterocycles. The minimum absolute atomic E-state index is 0.234. The highest BCUT2D eigenvalue weighted by molar-refractivity contribution is 5.82. The summed E-state index contributed by atoms with van der Waals surface area (Å²) in [6.45, 7) is 0.588. The van der Waals surface area contributed by atoms with Gasteiger partial charge in [-0.3, -0.25) is 4.68 Å². The monoisotopic (exact) mass is 350 g/mol. The number of nitrogens with zero attached hydrogens (tertiary/aromatic N) is 3. The van der Waals surface area contributed by atoms with Gasteiger partial charge in [0.1, 0.15) is 17.3 Å². The third-order valence-corrected chi connectivity index (χ3v) is 4.37. The van der Waals surface area contributed by atoms with Crippen LogP contribution in [0.3, 0.4) is 0 Å². The number of nitrogen functional groups attached to an aromatic ring is 1. The van der Waals surface area contributed by atoms with Crippen molar-refractivity contribution in [2.75, 3.05) is 11.1 Å². The van der Waals surface area contributed by atoms with E-state index in [1.54, 1.807) is 18.3 Å². The summed E-state index contributed by atoms with van der Waals surface area (Å²) < 4.78 is 14.8. The molecule has 0 saturated heterocycles. The van der Waals surface area contributed by atoms with Gasteiger partial charge in [0.2, 0.25) is 0 Å². The van der Waals surface area contributed by atoms with Gasteiger partial charge in [-0.1, -0.05) is 12.1 Å². The summed E-state index contributed by atoms with van der Waals surface area (Å²) in [5.74, 6) is 0.548. The zero-order valence-corrected chi connectivity index (χ0v) is 14.3. The molecule has 0 aliphatic rings. The summed E-state index contributed by atoms with van der Waals surface area (Å²) in [7, 11) is 1.92. The average molecular weight is 350 g/mol. The number of halogens is 1. The molecule has 0 bridgehead atoms. The van der Waals surface area contributed by atoms with Crippen LogP contribution in [0.4, 0.5) is 15.9 Å². The fraction of sp³-hybridized carbons (Fsp3) is 0.158. The van der Waals surface area contributed by atoms with Gasteiger partial charge in [0.25, 0.3) is 0 Å². The Bertz CT molecular complexity index is 1050. The van der Waals surface area contributed by atoms with Gasteiger partial charge in [-0.05, 0) is 29.3 Å². The number of aromatic amines is 1. The van der Waals surface area contributed by atoms with Crippen molar-refractivity contribution in [3.05, 3.63) is 71.4 Å². The van der Waals surface area contributed by atoms with E-state index in [9.17, 15) is 4.39 Å². The molecule has 3 aromatic heterocycles. The summed E-state index contributed by atoms with van der Waals surface area (Å²) in [5, 5.41) is 8.80. The van der Waals surface area contributed by atoms with E-state index in [-0.39, 0.29) is 5.82 Å². The molecule has 0 saturated carbocycles. The van der Waals surface area contributed by atoms with E-state index in [1.165, 1.54) is 12.1 Å². The lowest BCUT2D eigenvalue weighted by molar-refractivity contribution is 0.627. The molecular formula is C19H19FN6. The molecule has 0 fully saturated rings. The standard InChI is InChI=1S/C19H19FN6/c1-26-16(6-13-10-23-19-17(13)7-15(21)11-24-19)8-18(25-26)22-9-12-2-4-14(20)5-3-12/h2-5,7-8,10-11H,6,9,21H2,1H3,(H,22,25)(H,23,24). The molecule has 0 aliphatic carbocycles. The molecule has 0 radical (unpaired) electrons. The van der Waals surface area contributed by atoms with Crippen molar-refractivity contribution in [3.63, 3.8) is 0 Å². The number of pyridine rings is 1. The zero-order valence-electron chi connectivity index (χ0n) is 14.3. The van der Waals surface area contributed by atoms with Crippen molar-refractivity contribution in [2.24, 2.45) is 7.05 Å². The van der Waals surface area contributed by atoms with E-state index in [2.05, 4.69) is 20.4 Å². The number of anilines is 2. The molecule has 0 amide bonds. The predicted octanol–water partition coefficient (Wildman–Crippen LogP) is 3.22. The maximum absolute atomic E-state index is 13.0. The van der Waals surface area contributed by atoms with Gasteiger partial charge in [-0.15, -0.1) is 0 Å². The highest BCUT2D eigenvalue weighted by Gasteiger charge is 2.10. The largest absolute Gasteiger partial charge is 0.397 e. The molecular weight excluding hydrogens is 331 g/mol. The van der Waals surface area contributed by atoms with Gasteiger partial charge in [-0.2, -0.15) is 5.10 Å². The number of hydrogen-bond donors (Lipinski definition) is 3. The van der Waals surface area contributed by atoms with Crippen LogP contribution >= 0.6 is 0 Å². The van der Waals surface area contributed by atoms with Crippen LogP contribution in [-0.2, 0) is 20.0 Å². The minimum Gasteiger partial charge on any atom is -0.397 e. The Labute approximate surface area is 149 Å². The topological polar surface area (TPSA) is 84.5 Å². The Morgan fingerprint density at radius 1 is 1.23 bits per heavy atom. The lowest BCUT2D eigenvalue weighted by atomic mass is 10.1. The minimum atomic E-state index is -0.234. The van der Waals surface area contributed by atoms with E-state index in [0.29, 0.717) is 18.7 Å². The van der Waals surface area contributed by atoms with Crippen LogP contribution in [0.25, 0.3) is 11.0 Å². The van der Waals surface area contributed by atoms with E-state index < -0.39 is 0 Å². The zero-order chi connectivity index (χ0) is 18.1. The van der Waals surface area contributed by atoms with E-state index >= 15 is 0 Å². The van der Waals surface area contributed by atoms with Crippen LogP contribution in [0.2, 0.25) is 0 Å². The van der Waals surface area contributed by atoms with Crippen molar-refractivity contribution in [3.8, 4) is 0 Å². The van der Waals surface area contributed by atoms with Crippen molar-refractivity contribution < 1.29 is 4.39 Å². The number of rotatable bonds is 5. The fourth-order valence-corrected chi connectivity index (χ4v) is 2.97. The van der Waals surface area contributed by atoms with Crippen LogP contribution in [0, 0.1) is 5.82 Å². The molecule has 132 valence electrons. The number of fused-ring (bicyclic) bond motifs is 1. The molecule has 0 spiro atoms. The average Bonchev–Trinajstić information content (AvgIpc) is 3.18. The van der Waals surface area contributed by atoms with Crippen LogP contribution in [0.1, 0.15) is 16.8 Å². The first kappa shape index (κ1) is 16.1. The van der Waals surface area contributed by atoms with Gasteiger partial charge in [-0.25, -0.2) is 9.37 Å². The lowest BCUT2D eigenvalue weighted by Crippen LogP contribution is -2.01. The van der Waals surface area contributed by atoms with E-state index in [0.717, 1.165) is 33.7 Å². The molecule has 0 unspecified atom stereocenters. The number of benzene rings is 1. The molecule has 7 heteroatoms. The highest BCUT2D eigenvalue weighted by atomic mass is 19.1. The number of nitrogens with two attached hydrogens (primary N) is 1. The summed E-state index contributed by atoms with van der Waals surface area (Å²) in [6.07, 6.45) is 4.31. The van der Waals surface area contributed by atoms with E-state index in [1.807, 2.05) is 30.1 Å². The third kappa shape index (κ3) is 3.23. The summed E-state index contributed by atoms with van der Waals surface area (Å²) >= 11 is 0. The second-order valence-electron chi connectivity index (χ2n) is 6.28. The first-order valence-corrected chi connectivity index (χ1v) is 8.31. The SMILES string of the molecule is Cn1nc(NCc2ccc(F)cc2)cc1Cc1c[nH]c2ncc(N)cc12. The maximum Gasteiger partial charge on any atom is 0.148 e. The Kier molecular flexibility index (Phi) is 4.04. The quantitative estimate of drug-likeness (QED) is 0.516. The van der Waals surface area contributed by atoms with Crippen LogP contribution < -0.4 is 11.1 Å². The summed E-state index contributed by atoms with van der Waals surface area (Å²) in [4.78, 5) is 7.47. The molecule has 6 nitrogen and oxygen atoms in total. The molecule has 4 rings (SSSR count). The molecule has 0 aliphatic heterocycles. The molecule has 0 atom stereocenters. The highest BCUT2D eigenvalue weighted by Crippen LogP contribution is 2.22. The lowest BCUT2D eigenvalue weighted by Gasteiger charge is -2.02. The summed E-state index contributed by atoms with van der Waals surface area (Å²) in [6, 6.07) is 10.4. The second kappa shape index (κ2) is 6.51. The van der Waals surface area contributed by atoms with Crippen LogP contribution in [0.15, 0.2) is 48.8 Å². The number of nitrogens with one attached hydrogen (secondary N) is 2. The maximum atomic E-state index is 13.0. The molecule has 1 aromatic carbocycles. The number of H-pyrrole nitrogens is 1. The normalized spacial score (nSPS) is 11.2. The van der Waals surface area contributed by atoms with Crippen LogP contribution in [-0.4, -0.2) is 19.7 Å². The van der Waals surface area contributed by atoms with Crippen LogP contribution in [0.5, 0.6) is 0 Å². The predicted molar refractivity (Wildman–Crippen MR) is 100 cm³/mol. The summed E-state index contributed by atoms with van der Waals surface area (Å²) in [5.41, 5.74) is 10.5. The Balaban J connectivity index is 1.50. The third-order valence-electron chi connectivity index (χ3n) is 4.37. The first-order chi connectivity index (χ1) is 12.6. The van der Waals surface area contributed by atoms with Crippen molar-refractivity contribution in [1.82, 2.24) is 19.7 Å². The van der Waals surface area contributed by atoms with E-state index in [4.69, 9.17) is 5.73 Å². The molecule has 4 N–H and O–H groups in total.